The van der Waals surface area contributed by atoms with Crippen molar-refractivity contribution in [3.05, 3.63) is 89.6 Å². The number of rotatable bonds is 9. The number of aliphatic hydroxyl groups is 1. The zero-order valence-corrected chi connectivity index (χ0v) is 29.2. The number of furan rings is 1. The van der Waals surface area contributed by atoms with Crippen LogP contribution in [0.25, 0.3) is 44.0 Å². The Labute approximate surface area is 274 Å². The summed E-state index contributed by atoms with van der Waals surface area (Å²) in [6.45, 7) is 14.1. The van der Waals surface area contributed by atoms with Gasteiger partial charge in [0, 0.05) is 49.6 Å². The number of benzene rings is 3. The predicted molar refractivity (Wildman–Crippen MR) is 176 cm³/mol. The molecule has 4 nitrogen and oxygen atoms in total. The van der Waals surface area contributed by atoms with E-state index in [0.717, 1.165) is 69.5 Å². The molecule has 0 amide bonds. The molecule has 0 spiro atoms. The summed E-state index contributed by atoms with van der Waals surface area (Å²) in [7, 11) is 0. The molecule has 0 saturated heterocycles. The number of hydrogen-bond acceptors (Lipinski definition) is 4. The maximum absolute atomic E-state index is 14.8. The first-order valence-corrected chi connectivity index (χ1v) is 15.5. The number of nitrogens with zero attached hydrogens (tertiary/aromatic N) is 1. The number of fused-ring (bicyclic) bond motifs is 4. The van der Waals surface area contributed by atoms with Crippen molar-refractivity contribution in [3.8, 4) is 11.3 Å². The third-order valence-electron chi connectivity index (χ3n) is 8.37. The number of carbonyl (C=O) groups is 1. The minimum absolute atomic E-state index is 0. The Bertz CT molecular complexity index is 1760. The summed E-state index contributed by atoms with van der Waals surface area (Å²) in [5.41, 5.74) is 4.73. The predicted octanol–water partition coefficient (Wildman–Crippen LogP) is 11.0. The molecule has 5 aromatic rings. The van der Waals surface area contributed by atoms with Crippen molar-refractivity contribution in [2.45, 2.75) is 80.1 Å². The summed E-state index contributed by atoms with van der Waals surface area (Å²) in [6.07, 6.45) is 6.67. The van der Waals surface area contributed by atoms with Crippen molar-refractivity contribution in [1.82, 2.24) is 4.98 Å². The van der Waals surface area contributed by atoms with E-state index in [2.05, 4.69) is 23.2 Å². The molecule has 1 N–H and O–H groups in total. The van der Waals surface area contributed by atoms with E-state index in [1.54, 1.807) is 12.3 Å². The van der Waals surface area contributed by atoms with Crippen LogP contribution in [0.1, 0.15) is 84.3 Å². The number of hydrogen-bond donors (Lipinski definition) is 1. The second-order valence-corrected chi connectivity index (χ2v) is 11.6. The number of halogens is 1. The molecule has 0 aliphatic heterocycles. The van der Waals surface area contributed by atoms with Gasteiger partial charge >= 0.3 is 0 Å². The fraction of sp³-hybridized carbons (Fsp3) is 0.368. The molecule has 1 radical (unpaired) electrons. The van der Waals surface area contributed by atoms with Gasteiger partial charge in [-0.3, -0.25) is 4.79 Å². The van der Waals surface area contributed by atoms with Gasteiger partial charge < -0.3 is 14.5 Å². The van der Waals surface area contributed by atoms with Crippen molar-refractivity contribution in [1.29, 1.82) is 0 Å². The van der Waals surface area contributed by atoms with Crippen molar-refractivity contribution in [3.63, 3.8) is 0 Å². The smallest absolute Gasteiger partial charge is 0.162 e. The molecule has 0 saturated carbocycles. The molecule has 235 valence electrons. The number of carbonyl (C=O) groups excluding carboxylic acids is 1. The third kappa shape index (κ3) is 7.47. The SMILES string of the molecule is CCC(CC)C(=O)/C=C(\O)C(CC)CC.Cc1[c-]c(-c2nccc3cc(C(C)C)c(F)cc23)c2oc3ccccc3c2c1.[Ir]. The van der Waals surface area contributed by atoms with Crippen LogP contribution in [0.3, 0.4) is 0 Å². The number of ketones is 1. The number of allylic oxidation sites excluding steroid dienone is 2. The summed E-state index contributed by atoms with van der Waals surface area (Å²) in [6, 6.07) is 18.9. The number of pyridine rings is 1. The molecule has 0 fully saturated rings. The van der Waals surface area contributed by atoms with Gasteiger partial charge in [0.15, 0.2) is 5.78 Å². The summed E-state index contributed by atoms with van der Waals surface area (Å²) >= 11 is 0. The molecule has 3 aromatic carbocycles. The van der Waals surface area contributed by atoms with Crippen LogP contribution < -0.4 is 0 Å². The Hall–Kier alpha value is -3.34. The Balaban J connectivity index is 0.000000286. The largest absolute Gasteiger partial charge is 0.512 e. The zero-order valence-electron chi connectivity index (χ0n) is 26.8. The minimum Gasteiger partial charge on any atom is -0.512 e. The van der Waals surface area contributed by atoms with Crippen molar-refractivity contribution in [2.75, 3.05) is 0 Å². The van der Waals surface area contributed by atoms with Crippen LogP contribution >= 0.6 is 0 Å². The molecule has 0 aliphatic rings. The Kier molecular flexibility index (Phi) is 12.5. The van der Waals surface area contributed by atoms with Gasteiger partial charge in [0.25, 0.3) is 0 Å². The molecular weight excluding hydrogens is 730 g/mol. The van der Waals surface area contributed by atoms with Gasteiger partial charge in [-0.1, -0.05) is 77.6 Å². The number of para-hydroxylation sites is 1. The van der Waals surface area contributed by atoms with Crippen LogP contribution in [0.5, 0.6) is 0 Å². The van der Waals surface area contributed by atoms with Crippen LogP contribution in [-0.2, 0) is 24.9 Å². The fourth-order valence-electron chi connectivity index (χ4n) is 5.70. The Morgan fingerprint density at radius 1 is 0.955 bits per heavy atom. The van der Waals surface area contributed by atoms with Crippen LogP contribution in [0.2, 0.25) is 0 Å². The molecule has 0 atom stereocenters. The Morgan fingerprint density at radius 3 is 2.25 bits per heavy atom. The van der Waals surface area contributed by atoms with Crippen molar-refractivity contribution in [2.24, 2.45) is 11.8 Å². The molecule has 2 aromatic heterocycles. The van der Waals surface area contributed by atoms with E-state index >= 15 is 0 Å². The quantitative estimate of drug-likeness (QED) is 0.0921. The topological polar surface area (TPSA) is 63.3 Å². The Morgan fingerprint density at radius 2 is 1.61 bits per heavy atom. The zero-order chi connectivity index (χ0) is 31.3. The van der Waals surface area contributed by atoms with Gasteiger partial charge in [0.05, 0.1) is 11.3 Å². The van der Waals surface area contributed by atoms with Gasteiger partial charge in [-0.15, -0.1) is 17.7 Å². The number of aromatic nitrogens is 1. The molecule has 44 heavy (non-hydrogen) atoms. The maximum Gasteiger partial charge on any atom is 0.162 e. The molecule has 6 heteroatoms. The van der Waals surface area contributed by atoms with Gasteiger partial charge in [-0.2, -0.15) is 0 Å². The van der Waals surface area contributed by atoms with Crippen LogP contribution in [0.4, 0.5) is 4.39 Å². The fourth-order valence-corrected chi connectivity index (χ4v) is 5.70. The monoisotopic (exact) mass is 773 g/mol. The van der Waals surface area contributed by atoms with Crippen molar-refractivity contribution < 1.29 is 38.8 Å². The van der Waals surface area contributed by atoms with E-state index in [4.69, 9.17) is 4.42 Å². The normalized spacial score (nSPS) is 11.8. The van der Waals surface area contributed by atoms with Gasteiger partial charge in [0.2, 0.25) is 0 Å². The van der Waals surface area contributed by atoms with Crippen molar-refractivity contribution >= 4 is 38.5 Å². The molecule has 5 rings (SSSR count). The number of aryl methyl sites for hydroxylation is 1. The molecular formula is C38H43FIrNO3-. The first-order chi connectivity index (χ1) is 20.6. The summed E-state index contributed by atoms with van der Waals surface area (Å²) < 4.78 is 20.9. The maximum atomic E-state index is 14.8. The van der Waals surface area contributed by atoms with E-state index in [-0.39, 0.29) is 55.2 Å². The first kappa shape index (κ1) is 35.1. The second kappa shape index (κ2) is 15.6. The average molecular weight is 773 g/mol. The van der Waals surface area contributed by atoms with Crippen LogP contribution in [-0.4, -0.2) is 15.9 Å². The van der Waals surface area contributed by atoms with Gasteiger partial charge in [-0.05, 0) is 77.9 Å². The minimum atomic E-state index is -0.203. The van der Waals surface area contributed by atoms with E-state index in [1.165, 1.54) is 6.08 Å². The number of aliphatic hydroxyl groups excluding tert-OH is 1. The van der Waals surface area contributed by atoms with Gasteiger partial charge in [0.1, 0.15) is 11.4 Å². The van der Waals surface area contributed by atoms with E-state index in [9.17, 15) is 14.3 Å². The second-order valence-electron chi connectivity index (χ2n) is 11.6. The third-order valence-corrected chi connectivity index (χ3v) is 8.37. The van der Waals surface area contributed by atoms with E-state index < -0.39 is 0 Å². The average Bonchev–Trinajstić information content (AvgIpc) is 3.36. The van der Waals surface area contributed by atoms with E-state index in [0.29, 0.717) is 11.3 Å². The van der Waals surface area contributed by atoms with Crippen LogP contribution in [0, 0.1) is 30.6 Å². The van der Waals surface area contributed by atoms with E-state index in [1.807, 2.05) is 78.8 Å². The summed E-state index contributed by atoms with van der Waals surface area (Å²) in [5, 5.41) is 13.6. The molecule has 0 aliphatic carbocycles. The van der Waals surface area contributed by atoms with Crippen LogP contribution in [0.15, 0.2) is 71.0 Å². The summed E-state index contributed by atoms with van der Waals surface area (Å²) in [4.78, 5) is 16.3. The molecule has 2 heterocycles. The standard InChI is InChI=1S/C25H19FNO.C13H24O2.Ir/c1-14(2)18-12-16-8-9-27-24(19(16)13-22(18)26)21-11-15(3)10-20-17-6-4-5-7-23(17)28-25(20)21;1-5-10(6-2)12(14)9-13(15)11(7-3)8-4;/h4-10,12-14H,1-3H3;9-11,14H,5-8H2,1-4H3;/q-1;;/b;12-9-;. The summed E-state index contributed by atoms with van der Waals surface area (Å²) in [5.74, 6) is 0.463. The molecule has 0 unspecified atom stereocenters. The molecule has 0 bridgehead atoms. The first-order valence-electron chi connectivity index (χ1n) is 15.5. The van der Waals surface area contributed by atoms with Gasteiger partial charge in [-0.25, -0.2) is 4.39 Å².